The van der Waals surface area contributed by atoms with E-state index in [9.17, 15) is 0 Å². The largest absolute Gasteiger partial charge is 0.494 e. The number of hydrogen-bond donors (Lipinski definition) is 1. The van der Waals surface area contributed by atoms with Crippen molar-refractivity contribution in [1.29, 1.82) is 0 Å². The van der Waals surface area contributed by atoms with Gasteiger partial charge in [0, 0.05) is 29.7 Å². The normalized spacial score (nSPS) is 10.6. The van der Waals surface area contributed by atoms with Crippen LogP contribution in [0, 0.1) is 0 Å². The molecule has 0 saturated carbocycles. The minimum absolute atomic E-state index is 0. The zero-order valence-corrected chi connectivity index (χ0v) is 15.5. The van der Waals surface area contributed by atoms with Crippen LogP contribution in [0.4, 0.5) is 0 Å². The van der Waals surface area contributed by atoms with E-state index in [4.69, 9.17) is 10.5 Å². The van der Waals surface area contributed by atoms with Crippen LogP contribution in [0.2, 0.25) is 0 Å². The van der Waals surface area contributed by atoms with Gasteiger partial charge in [0.1, 0.15) is 10.8 Å². The molecule has 2 rings (SSSR count). The molecule has 4 nitrogen and oxygen atoms in total. The highest BCUT2D eigenvalue weighted by Crippen LogP contribution is 2.26. The zero-order valence-electron chi connectivity index (χ0n) is 13.8. The zero-order chi connectivity index (χ0) is 15.8. The van der Waals surface area contributed by atoms with Gasteiger partial charge in [0.05, 0.1) is 6.61 Å². The van der Waals surface area contributed by atoms with E-state index in [0.717, 1.165) is 53.9 Å². The van der Waals surface area contributed by atoms with Gasteiger partial charge in [-0.2, -0.15) is 0 Å². The van der Waals surface area contributed by atoms with Crippen LogP contribution in [0.25, 0.3) is 10.6 Å². The summed E-state index contributed by atoms with van der Waals surface area (Å²) in [5.41, 5.74) is 6.73. The Balaban J connectivity index is 0.00000264. The van der Waals surface area contributed by atoms with Gasteiger partial charge in [-0.05, 0) is 43.8 Å². The minimum atomic E-state index is 0. The number of thiazole rings is 1. The third-order valence-electron chi connectivity index (χ3n) is 3.64. The first-order chi connectivity index (χ1) is 10.8. The quantitative estimate of drug-likeness (QED) is 0.695. The molecule has 0 bridgehead atoms. The SMILES string of the molecule is CCN(CC)CCCOc1ccc(-c2ncc(CN)s2)cc1.Cl. The van der Waals surface area contributed by atoms with Crippen LogP contribution in [0.1, 0.15) is 25.1 Å². The van der Waals surface area contributed by atoms with Gasteiger partial charge < -0.3 is 15.4 Å². The fourth-order valence-electron chi connectivity index (χ4n) is 2.25. The lowest BCUT2D eigenvalue weighted by Gasteiger charge is -2.17. The van der Waals surface area contributed by atoms with Crippen molar-refractivity contribution in [3.05, 3.63) is 35.3 Å². The molecule has 0 aliphatic rings. The fourth-order valence-corrected chi connectivity index (χ4v) is 3.04. The van der Waals surface area contributed by atoms with Gasteiger partial charge in [-0.25, -0.2) is 4.98 Å². The monoisotopic (exact) mass is 355 g/mol. The lowest BCUT2D eigenvalue weighted by molar-refractivity contribution is 0.249. The van der Waals surface area contributed by atoms with E-state index in [0.29, 0.717) is 6.54 Å². The molecule has 1 aromatic carbocycles. The van der Waals surface area contributed by atoms with E-state index in [1.165, 1.54) is 0 Å². The Labute approximate surface area is 149 Å². The van der Waals surface area contributed by atoms with E-state index < -0.39 is 0 Å². The average Bonchev–Trinajstić information content (AvgIpc) is 3.05. The van der Waals surface area contributed by atoms with E-state index in [1.54, 1.807) is 11.3 Å². The number of hydrogen-bond acceptors (Lipinski definition) is 5. The second-order valence-corrected chi connectivity index (χ2v) is 6.20. The first-order valence-corrected chi connectivity index (χ1v) is 8.68. The molecule has 0 spiro atoms. The van der Waals surface area contributed by atoms with Crippen LogP contribution >= 0.6 is 23.7 Å². The summed E-state index contributed by atoms with van der Waals surface area (Å²) in [6.07, 6.45) is 2.90. The van der Waals surface area contributed by atoms with Crippen molar-refractivity contribution in [3.8, 4) is 16.3 Å². The predicted molar refractivity (Wildman–Crippen MR) is 101 cm³/mol. The molecule has 0 fully saturated rings. The Kier molecular flexibility index (Phi) is 9.17. The predicted octanol–water partition coefficient (Wildman–Crippen LogP) is 3.80. The lowest BCUT2D eigenvalue weighted by atomic mass is 10.2. The summed E-state index contributed by atoms with van der Waals surface area (Å²) in [6.45, 7) is 8.98. The maximum atomic E-state index is 5.80. The molecule has 0 aliphatic carbocycles. The summed E-state index contributed by atoms with van der Waals surface area (Å²) in [4.78, 5) is 7.90. The summed E-state index contributed by atoms with van der Waals surface area (Å²) in [5, 5.41) is 1.01. The molecule has 0 aliphatic heterocycles. The third-order valence-corrected chi connectivity index (χ3v) is 4.71. The number of aromatic nitrogens is 1. The van der Waals surface area contributed by atoms with Crippen molar-refractivity contribution in [3.63, 3.8) is 0 Å². The minimum Gasteiger partial charge on any atom is -0.494 e. The second kappa shape index (κ2) is 10.6. The summed E-state index contributed by atoms with van der Waals surface area (Å²) in [5.74, 6) is 0.916. The van der Waals surface area contributed by atoms with Gasteiger partial charge >= 0.3 is 0 Å². The number of rotatable bonds is 9. The molecule has 0 unspecified atom stereocenters. The van der Waals surface area contributed by atoms with E-state index in [1.807, 2.05) is 18.3 Å². The molecule has 2 aromatic rings. The van der Waals surface area contributed by atoms with Crippen molar-refractivity contribution in [1.82, 2.24) is 9.88 Å². The Bertz CT molecular complexity index is 555. The molecular weight excluding hydrogens is 330 g/mol. The Hall–Kier alpha value is -1.14. The van der Waals surface area contributed by atoms with Gasteiger partial charge in [0.2, 0.25) is 0 Å². The molecule has 1 aromatic heterocycles. The highest BCUT2D eigenvalue weighted by atomic mass is 35.5. The van der Waals surface area contributed by atoms with Crippen molar-refractivity contribution in [2.24, 2.45) is 5.73 Å². The number of nitrogens with two attached hydrogens (primary N) is 1. The van der Waals surface area contributed by atoms with E-state index in [-0.39, 0.29) is 12.4 Å². The number of benzene rings is 1. The Morgan fingerprint density at radius 3 is 2.43 bits per heavy atom. The van der Waals surface area contributed by atoms with Gasteiger partial charge in [-0.1, -0.05) is 13.8 Å². The van der Waals surface area contributed by atoms with Gasteiger partial charge in [-0.3, -0.25) is 0 Å². The molecule has 0 radical (unpaired) electrons. The van der Waals surface area contributed by atoms with Crippen LogP contribution in [0.3, 0.4) is 0 Å². The average molecular weight is 356 g/mol. The first-order valence-electron chi connectivity index (χ1n) is 7.87. The topological polar surface area (TPSA) is 51.4 Å². The molecule has 23 heavy (non-hydrogen) atoms. The van der Waals surface area contributed by atoms with Crippen LogP contribution in [0.5, 0.6) is 5.75 Å². The molecule has 1 heterocycles. The lowest BCUT2D eigenvalue weighted by Crippen LogP contribution is -2.25. The molecule has 2 N–H and O–H groups in total. The van der Waals surface area contributed by atoms with Crippen LogP contribution < -0.4 is 10.5 Å². The van der Waals surface area contributed by atoms with Gasteiger partial charge in [0.25, 0.3) is 0 Å². The summed E-state index contributed by atoms with van der Waals surface area (Å²) >= 11 is 1.64. The fraction of sp³-hybridized carbons (Fsp3) is 0.471. The van der Waals surface area contributed by atoms with Crippen molar-refractivity contribution < 1.29 is 4.74 Å². The molecule has 128 valence electrons. The molecule has 6 heteroatoms. The van der Waals surface area contributed by atoms with Gasteiger partial charge in [-0.15, -0.1) is 23.7 Å². The number of halogens is 1. The van der Waals surface area contributed by atoms with Crippen LogP contribution in [-0.2, 0) is 6.54 Å². The standard InChI is InChI=1S/C17H25N3OS.ClH/c1-3-20(4-2)10-5-11-21-15-8-6-14(7-9-15)17-19-13-16(12-18)22-17;/h6-9,13H,3-5,10-12,18H2,1-2H3;1H. The van der Waals surface area contributed by atoms with Crippen LogP contribution in [0.15, 0.2) is 30.5 Å². The van der Waals surface area contributed by atoms with Crippen molar-refractivity contribution >= 4 is 23.7 Å². The Morgan fingerprint density at radius 1 is 1.17 bits per heavy atom. The summed E-state index contributed by atoms with van der Waals surface area (Å²) < 4.78 is 5.80. The maximum Gasteiger partial charge on any atom is 0.123 e. The van der Waals surface area contributed by atoms with E-state index in [2.05, 4.69) is 35.9 Å². The van der Waals surface area contributed by atoms with Crippen molar-refractivity contribution in [2.45, 2.75) is 26.8 Å². The molecular formula is C17H26ClN3OS. The molecule has 0 saturated heterocycles. The van der Waals surface area contributed by atoms with Gasteiger partial charge in [0.15, 0.2) is 0 Å². The van der Waals surface area contributed by atoms with Crippen LogP contribution in [-0.4, -0.2) is 36.1 Å². The Morgan fingerprint density at radius 2 is 1.87 bits per heavy atom. The van der Waals surface area contributed by atoms with E-state index >= 15 is 0 Å². The smallest absolute Gasteiger partial charge is 0.123 e. The summed E-state index contributed by atoms with van der Waals surface area (Å²) in [7, 11) is 0. The summed E-state index contributed by atoms with van der Waals surface area (Å²) in [6, 6.07) is 8.13. The highest BCUT2D eigenvalue weighted by Gasteiger charge is 2.04. The molecule has 0 amide bonds. The van der Waals surface area contributed by atoms with Crippen molar-refractivity contribution in [2.75, 3.05) is 26.2 Å². The maximum absolute atomic E-state index is 5.80. The number of ether oxygens (including phenoxy) is 1. The third kappa shape index (κ3) is 6.11. The highest BCUT2D eigenvalue weighted by molar-refractivity contribution is 7.15. The molecule has 0 atom stereocenters. The first kappa shape index (κ1) is 19.9. The second-order valence-electron chi connectivity index (χ2n) is 5.09. The number of nitrogens with zero attached hydrogens (tertiary/aromatic N) is 2.